The third-order valence-corrected chi connectivity index (χ3v) is 3.02. The number of hydrogen-bond donors (Lipinski definition) is 1. The van der Waals surface area contributed by atoms with Gasteiger partial charge in [-0.25, -0.2) is 0 Å². The number of benzene rings is 1. The Morgan fingerprint density at radius 1 is 1.21 bits per heavy atom. The van der Waals surface area contributed by atoms with E-state index < -0.39 is 24.4 Å². The molecule has 0 spiro atoms. The SMILES string of the molecule is O=C(Nc1ccc(OC(F)F)c(Cl)c1)c1ccc(C(F)(F)F)nc1. The first kappa shape index (κ1) is 17.9. The van der Waals surface area contributed by atoms with Crippen LogP contribution in [0.5, 0.6) is 5.75 Å². The van der Waals surface area contributed by atoms with E-state index in [-0.39, 0.29) is 22.0 Å². The second-order valence-electron chi connectivity index (χ2n) is 4.41. The number of halogens is 6. The van der Waals surface area contributed by atoms with Crippen LogP contribution in [0.1, 0.15) is 16.1 Å². The maximum absolute atomic E-state index is 12.4. The van der Waals surface area contributed by atoms with Gasteiger partial charge in [-0.3, -0.25) is 9.78 Å². The van der Waals surface area contributed by atoms with Crippen molar-refractivity contribution in [3.05, 3.63) is 52.8 Å². The van der Waals surface area contributed by atoms with Gasteiger partial charge < -0.3 is 10.1 Å². The van der Waals surface area contributed by atoms with Crippen molar-refractivity contribution in [2.75, 3.05) is 5.32 Å². The molecule has 1 amide bonds. The standard InChI is InChI=1S/C14H8ClF5N2O2/c15-9-5-8(2-3-10(9)24-13(16)17)22-12(23)7-1-4-11(21-6-7)14(18,19)20/h1-6,13H,(H,22,23). The van der Waals surface area contributed by atoms with Crippen molar-refractivity contribution in [1.29, 1.82) is 0 Å². The lowest BCUT2D eigenvalue weighted by molar-refractivity contribution is -0.141. The first-order chi connectivity index (χ1) is 11.2. The fourth-order valence-corrected chi connectivity index (χ4v) is 1.89. The number of carbonyl (C=O) groups excluding carboxylic acids is 1. The molecule has 2 aromatic rings. The van der Waals surface area contributed by atoms with Gasteiger partial charge in [0.1, 0.15) is 11.4 Å². The Bertz CT molecular complexity index is 735. The fourth-order valence-electron chi connectivity index (χ4n) is 1.67. The van der Waals surface area contributed by atoms with Crippen LogP contribution in [0.25, 0.3) is 0 Å². The third kappa shape index (κ3) is 4.54. The van der Waals surface area contributed by atoms with Crippen molar-refractivity contribution in [3.63, 3.8) is 0 Å². The van der Waals surface area contributed by atoms with Gasteiger partial charge in [-0.05, 0) is 30.3 Å². The number of rotatable bonds is 4. The van der Waals surface area contributed by atoms with Gasteiger partial charge in [-0.1, -0.05) is 11.6 Å². The minimum absolute atomic E-state index is 0.118. The minimum atomic E-state index is -4.61. The molecule has 128 valence electrons. The largest absolute Gasteiger partial charge is 0.433 e. The lowest BCUT2D eigenvalue weighted by atomic mass is 10.2. The Kier molecular flexibility index (Phi) is 5.23. The van der Waals surface area contributed by atoms with Crippen LogP contribution in [-0.4, -0.2) is 17.5 Å². The molecule has 1 aromatic carbocycles. The summed E-state index contributed by atoms with van der Waals surface area (Å²) in [5.74, 6) is -1.02. The van der Waals surface area contributed by atoms with Crippen molar-refractivity contribution in [2.45, 2.75) is 12.8 Å². The van der Waals surface area contributed by atoms with E-state index in [9.17, 15) is 26.7 Å². The summed E-state index contributed by atoms with van der Waals surface area (Å²) in [6.45, 7) is -3.05. The molecule has 1 N–H and O–H groups in total. The Balaban J connectivity index is 2.11. The fraction of sp³-hybridized carbons (Fsp3) is 0.143. The molecule has 24 heavy (non-hydrogen) atoms. The van der Waals surface area contributed by atoms with Crippen molar-refractivity contribution in [3.8, 4) is 5.75 Å². The molecule has 0 unspecified atom stereocenters. The van der Waals surface area contributed by atoms with Crippen LogP contribution >= 0.6 is 11.6 Å². The van der Waals surface area contributed by atoms with Gasteiger partial charge in [0.25, 0.3) is 5.91 Å². The average Bonchev–Trinajstić information content (AvgIpc) is 2.49. The molecule has 0 aliphatic heterocycles. The molecule has 0 bridgehead atoms. The molecule has 0 fully saturated rings. The molecule has 1 aromatic heterocycles. The molecule has 1 heterocycles. The number of carbonyl (C=O) groups is 1. The van der Waals surface area contributed by atoms with Crippen LogP contribution < -0.4 is 10.1 Å². The lowest BCUT2D eigenvalue weighted by Gasteiger charge is -2.10. The molecule has 2 rings (SSSR count). The third-order valence-electron chi connectivity index (χ3n) is 2.72. The maximum atomic E-state index is 12.4. The van der Waals surface area contributed by atoms with E-state index in [4.69, 9.17) is 11.6 Å². The van der Waals surface area contributed by atoms with Gasteiger partial charge in [0.2, 0.25) is 0 Å². The van der Waals surface area contributed by atoms with Crippen LogP contribution in [0.4, 0.5) is 27.6 Å². The Labute approximate surface area is 137 Å². The van der Waals surface area contributed by atoms with Crippen LogP contribution in [0.2, 0.25) is 5.02 Å². The highest BCUT2D eigenvalue weighted by molar-refractivity contribution is 6.32. The van der Waals surface area contributed by atoms with Gasteiger partial charge in [0, 0.05) is 11.9 Å². The number of amides is 1. The van der Waals surface area contributed by atoms with Crippen molar-refractivity contribution in [1.82, 2.24) is 4.98 Å². The summed E-state index contributed by atoms with van der Waals surface area (Å²) < 4.78 is 65.6. The number of ether oxygens (including phenoxy) is 1. The normalized spacial score (nSPS) is 11.5. The van der Waals surface area contributed by atoms with Crippen LogP contribution in [0.15, 0.2) is 36.5 Å². The van der Waals surface area contributed by atoms with Gasteiger partial charge >= 0.3 is 12.8 Å². The summed E-state index contributed by atoms with van der Waals surface area (Å²) in [4.78, 5) is 15.1. The summed E-state index contributed by atoms with van der Waals surface area (Å²) in [5.41, 5.74) is -1.10. The summed E-state index contributed by atoms with van der Waals surface area (Å²) in [5, 5.41) is 2.18. The molecule has 4 nitrogen and oxygen atoms in total. The quantitative estimate of drug-likeness (QED) is 0.804. The Morgan fingerprint density at radius 3 is 2.42 bits per heavy atom. The van der Waals surface area contributed by atoms with E-state index in [0.717, 1.165) is 24.4 Å². The van der Waals surface area contributed by atoms with Gasteiger partial charge in [0.05, 0.1) is 10.6 Å². The van der Waals surface area contributed by atoms with Crippen LogP contribution in [0.3, 0.4) is 0 Å². The average molecular weight is 367 g/mol. The first-order valence-corrected chi connectivity index (χ1v) is 6.63. The number of alkyl halides is 5. The van der Waals surface area contributed by atoms with Gasteiger partial charge in [-0.2, -0.15) is 22.0 Å². The molecule has 0 atom stereocenters. The van der Waals surface area contributed by atoms with Crippen molar-refractivity contribution >= 4 is 23.2 Å². The molecule has 0 radical (unpaired) electrons. The number of nitrogens with one attached hydrogen (secondary N) is 1. The predicted molar refractivity (Wildman–Crippen MR) is 75.3 cm³/mol. The number of nitrogens with zero attached hydrogens (tertiary/aromatic N) is 1. The number of hydrogen-bond acceptors (Lipinski definition) is 3. The molecule has 0 saturated heterocycles. The molecule has 10 heteroatoms. The van der Waals surface area contributed by atoms with Gasteiger partial charge in [-0.15, -0.1) is 0 Å². The highest BCUT2D eigenvalue weighted by Gasteiger charge is 2.32. The van der Waals surface area contributed by atoms with Crippen molar-refractivity contribution in [2.24, 2.45) is 0 Å². The zero-order valence-electron chi connectivity index (χ0n) is 11.6. The number of aromatic nitrogens is 1. The number of pyridine rings is 1. The van der Waals surface area contributed by atoms with Gasteiger partial charge in [0.15, 0.2) is 0 Å². The minimum Gasteiger partial charge on any atom is -0.433 e. The van der Waals surface area contributed by atoms with E-state index in [1.807, 2.05) is 0 Å². The second-order valence-corrected chi connectivity index (χ2v) is 4.81. The summed E-state index contributed by atoms with van der Waals surface area (Å²) in [6.07, 6.45) is -3.84. The Morgan fingerprint density at radius 2 is 1.92 bits per heavy atom. The highest BCUT2D eigenvalue weighted by Crippen LogP contribution is 2.29. The molecule has 0 aliphatic carbocycles. The Hall–Kier alpha value is -2.42. The van der Waals surface area contributed by atoms with Crippen LogP contribution in [0, 0.1) is 0 Å². The zero-order valence-corrected chi connectivity index (χ0v) is 12.3. The van der Waals surface area contributed by atoms with Crippen LogP contribution in [-0.2, 0) is 6.18 Å². The summed E-state index contributed by atoms with van der Waals surface area (Å²) >= 11 is 5.73. The number of anilines is 1. The summed E-state index contributed by atoms with van der Waals surface area (Å²) in [7, 11) is 0. The topological polar surface area (TPSA) is 51.2 Å². The molecule has 0 saturated carbocycles. The van der Waals surface area contributed by atoms with E-state index >= 15 is 0 Å². The molecule has 0 aliphatic rings. The summed E-state index contributed by atoms with van der Waals surface area (Å²) in [6, 6.07) is 5.16. The molecular formula is C14H8ClF5N2O2. The van der Waals surface area contributed by atoms with E-state index in [2.05, 4.69) is 15.0 Å². The maximum Gasteiger partial charge on any atom is 0.433 e. The monoisotopic (exact) mass is 366 g/mol. The first-order valence-electron chi connectivity index (χ1n) is 6.26. The second kappa shape index (κ2) is 7.00. The van der Waals surface area contributed by atoms with E-state index in [1.54, 1.807) is 0 Å². The van der Waals surface area contributed by atoms with Crippen molar-refractivity contribution < 1.29 is 31.5 Å². The zero-order chi connectivity index (χ0) is 17.9. The predicted octanol–water partition coefficient (Wildman–Crippen LogP) is 4.61. The lowest BCUT2D eigenvalue weighted by Crippen LogP contribution is -2.14. The van der Waals surface area contributed by atoms with E-state index in [1.165, 1.54) is 6.07 Å². The smallest absolute Gasteiger partial charge is 0.433 e. The molecular weight excluding hydrogens is 359 g/mol. The van der Waals surface area contributed by atoms with E-state index in [0.29, 0.717) is 6.07 Å². The highest BCUT2D eigenvalue weighted by atomic mass is 35.5.